The lowest BCUT2D eigenvalue weighted by molar-refractivity contribution is -0.0402. The molecule has 2 heteroatoms. The van der Waals surface area contributed by atoms with Crippen LogP contribution in [-0.2, 0) is 11.3 Å². The number of aryl methyl sites for hydroxylation is 2. The number of rotatable bonds is 3. The minimum atomic E-state index is 0.382. The van der Waals surface area contributed by atoms with Crippen LogP contribution in [0.4, 0.5) is 0 Å². The Balaban J connectivity index is 1.63. The highest BCUT2D eigenvalue weighted by Crippen LogP contribution is 2.35. The molecule has 0 radical (unpaired) electrons. The van der Waals surface area contributed by atoms with Crippen molar-refractivity contribution in [1.82, 2.24) is 4.90 Å². The molecule has 0 N–H and O–H groups in total. The van der Waals surface area contributed by atoms with Crippen molar-refractivity contribution in [3.63, 3.8) is 0 Å². The van der Waals surface area contributed by atoms with Gasteiger partial charge in [-0.25, -0.2) is 0 Å². The zero-order chi connectivity index (χ0) is 16.5. The summed E-state index contributed by atoms with van der Waals surface area (Å²) in [6, 6.07) is 18.4. The Morgan fingerprint density at radius 3 is 2.67 bits per heavy atom. The maximum Gasteiger partial charge on any atom is 0.0658 e. The lowest BCUT2D eigenvalue weighted by Gasteiger charge is -2.45. The molecule has 0 amide bonds. The second kappa shape index (κ2) is 6.54. The quantitative estimate of drug-likeness (QED) is 0.833. The summed E-state index contributed by atoms with van der Waals surface area (Å²) in [5.41, 5.74) is 7.02. The van der Waals surface area contributed by atoms with Crippen LogP contribution in [0, 0.1) is 13.8 Å². The van der Waals surface area contributed by atoms with E-state index in [0.29, 0.717) is 12.1 Å². The number of morpholine rings is 1. The molecule has 1 fully saturated rings. The smallest absolute Gasteiger partial charge is 0.0658 e. The average molecular weight is 319 g/mol. The van der Waals surface area contributed by atoms with Crippen LogP contribution in [0.15, 0.2) is 54.6 Å². The number of hydrogen-bond donors (Lipinski definition) is 0. The second-order valence-corrected chi connectivity index (χ2v) is 7.13. The summed E-state index contributed by atoms with van der Waals surface area (Å²) in [5.74, 6) is 0. The first kappa shape index (κ1) is 15.6. The molecule has 2 bridgehead atoms. The van der Waals surface area contributed by atoms with Gasteiger partial charge < -0.3 is 4.74 Å². The Labute approximate surface area is 144 Å². The standard InChI is InChI=1S/C22H25NO/c1-16-8-9-17(2)22(10-16)19-11-20-14-24-15-21(12-19)23(20)13-18-6-4-3-5-7-18/h3-11,20-21H,12-15H2,1-2H3. The van der Waals surface area contributed by atoms with Crippen LogP contribution in [0.25, 0.3) is 5.57 Å². The van der Waals surface area contributed by atoms with Gasteiger partial charge in [-0.3, -0.25) is 4.90 Å². The second-order valence-electron chi connectivity index (χ2n) is 7.13. The molecule has 124 valence electrons. The van der Waals surface area contributed by atoms with Crippen molar-refractivity contribution >= 4 is 5.57 Å². The fraction of sp³-hybridized carbons (Fsp3) is 0.364. The van der Waals surface area contributed by atoms with Crippen LogP contribution in [0.5, 0.6) is 0 Å². The number of benzene rings is 2. The Hall–Kier alpha value is -1.90. The van der Waals surface area contributed by atoms with Gasteiger partial charge >= 0.3 is 0 Å². The van der Waals surface area contributed by atoms with Crippen molar-refractivity contribution in [2.45, 2.75) is 38.9 Å². The zero-order valence-corrected chi connectivity index (χ0v) is 14.5. The molecule has 2 heterocycles. The van der Waals surface area contributed by atoms with E-state index in [0.717, 1.165) is 26.2 Å². The van der Waals surface area contributed by atoms with Gasteiger partial charge in [0, 0.05) is 12.6 Å². The van der Waals surface area contributed by atoms with Gasteiger partial charge in [0.15, 0.2) is 0 Å². The molecule has 2 atom stereocenters. The average Bonchev–Trinajstić information content (AvgIpc) is 2.58. The first-order chi connectivity index (χ1) is 11.7. The lowest BCUT2D eigenvalue weighted by Crippen LogP contribution is -2.53. The molecule has 0 spiro atoms. The highest BCUT2D eigenvalue weighted by molar-refractivity contribution is 5.70. The van der Waals surface area contributed by atoms with Crippen molar-refractivity contribution in [2.24, 2.45) is 0 Å². The minimum Gasteiger partial charge on any atom is -0.378 e. The summed E-state index contributed by atoms with van der Waals surface area (Å²) in [4.78, 5) is 2.62. The minimum absolute atomic E-state index is 0.382. The van der Waals surface area contributed by atoms with Crippen molar-refractivity contribution in [1.29, 1.82) is 0 Å². The molecule has 2 aromatic rings. The van der Waals surface area contributed by atoms with E-state index in [-0.39, 0.29) is 0 Å². The fourth-order valence-corrected chi connectivity index (χ4v) is 3.98. The van der Waals surface area contributed by atoms with E-state index in [4.69, 9.17) is 4.74 Å². The predicted molar refractivity (Wildman–Crippen MR) is 98.9 cm³/mol. The predicted octanol–water partition coefficient (Wildman–Crippen LogP) is 4.36. The number of hydrogen-bond acceptors (Lipinski definition) is 2. The van der Waals surface area contributed by atoms with E-state index in [9.17, 15) is 0 Å². The molecule has 0 aromatic heterocycles. The summed E-state index contributed by atoms with van der Waals surface area (Å²) in [5, 5.41) is 0. The Morgan fingerprint density at radius 2 is 1.88 bits per heavy atom. The van der Waals surface area contributed by atoms with Gasteiger partial charge in [0.25, 0.3) is 0 Å². The first-order valence-corrected chi connectivity index (χ1v) is 8.86. The molecule has 1 saturated heterocycles. The molecule has 2 nitrogen and oxygen atoms in total. The Kier molecular flexibility index (Phi) is 4.26. The van der Waals surface area contributed by atoms with Crippen molar-refractivity contribution < 1.29 is 4.74 Å². The molecule has 4 rings (SSSR count). The van der Waals surface area contributed by atoms with Crippen LogP contribution in [0.1, 0.15) is 28.7 Å². The van der Waals surface area contributed by atoms with E-state index in [1.165, 1.54) is 27.8 Å². The van der Waals surface area contributed by atoms with Crippen LogP contribution in [-0.4, -0.2) is 30.2 Å². The summed E-state index contributed by atoms with van der Waals surface area (Å²) >= 11 is 0. The van der Waals surface area contributed by atoms with Crippen LogP contribution >= 0.6 is 0 Å². The van der Waals surface area contributed by atoms with Gasteiger partial charge in [0.2, 0.25) is 0 Å². The van der Waals surface area contributed by atoms with E-state index >= 15 is 0 Å². The maximum atomic E-state index is 5.86. The number of nitrogens with zero attached hydrogens (tertiary/aromatic N) is 1. The molecule has 0 aliphatic carbocycles. The number of ether oxygens (including phenoxy) is 1. The van der Waals surface area contributed by atoms with Crippen molar-refractivity contribution in [3.8, 4) is 0 Å². The third-order valence-electron chi connectivity index (χ3n) is 5.29. The monoisotopic (exact) mass is 319 g/mol. The third kappa shape index (κ3) is 3.04. The Bertz CT molecular complexity index is 750. The zero-order valence-electron chi connectivity index (χ0n) is 14.5. The molecule has 2 aromatic carbocycles. The molecule has 2 aliphatic rings. The summed E-state index contributed by atoms with van der Waals surface area (Å²) < 4.78 is 5.86. The summed E-state index contributed by atoms with van der Waals surface area (Å²) in [7, 11) is 0. The molecular formula is C22H25NO. The maximum absolute atomic E-state index is 5.86. The summed E-state index contributed by atoms with van der Waals surface area (Å²) in [6.45, 7) is 7.05. The van der Waals surface area contributed by atoms with Gasteiger partial charge in [0.05, 0.1) is 19.3 Å². The van der Waals surface area contributed by atoms with E-state index < -0.39 is 0 Å². The fourth-order valence-electron chi connectivity index (χ4n) is 3.98. The topological polar surface area (TPSA) is 12.5 Å². The highest BCUT2D eigenvalue weighted by atomic mass is 16.5. The molecular weight excluding hydrogens is 294 g/mol. The van der Waals surface area contributed by atoms with Crippen molar-refractivity contribution in [2.75, 3.05) is 13.2 Å². The van der Waals surface area contributed by atoms with Gasteiger partial charge in [-0.1, -0.05) is 60.2 Å². The van der Waals surface area contributed by atoms with Gasteiger partial charge in [-0.15, -0.1) is 0 Å². The normalized spacial score (nSPS) is 23.8. The largest absolute Gasteiger partial charge is 0.378 e. The van der Waals surface area contributed by atoms with Gasteiger partial charge in [-0.2, -0.15) is 0 Å². The Morgan fingerprint density at radius 1 is 1.04 bits per heavy atom. The van der Waals surface area contributed by atoms with E-state index in [2.05, 4.69) is 73.4 Å². The molecule has 24 heavy (non-hydrogen) atoms. The SMILES string of the molecule is Cc1ccc(C)c(C2=CC3COCC(C2)N3Cc2ccccc2)c1. The van der Waals surface area contributed by atoms with E-state index in [1.54, 1.807) is 0 Å². The lowest BCUT2D eigenvalue weighted by atomic mass is 9.87. The number of fused-ring (bicyclic) bond motifs is 2. The van der Waals surface area contributed by atoms with Crippen LogP contribution < -0.4 is 0 Å². The molecule has 0 saturated carbocycles. The first-order valence-electron chi connectivity index (χ1n) is 8.86. The van der Waals surface area contributed by atoms with Crippen LogP contribution in [0.3, 0.4) is 0 Å². The van der Waals surface area contributed by atoms with E-state index in [1.807, 2.05) is 0 Å². The third-order valence-corrected chi connectivity index (χ3v) is 5.29. The van der Waals surface area contributed by atoms with Gasteiger partial charge in [0.1, 0.15) is 0 Å². The molecule has 2 unspecified atom stereocenters. The highest BCUT2D eigenvalue weighted by Gasteiger charge is 2.35. The van der Waals surface area contributed by atoms with Gasteiger partial charge in [-0.05, 0) is 42.5 Å². The summed E-state index contributed by atoms with van der Waals surface area (Å²) in [6.07, 6.45) is 3.52. The van der Waals surface area contributed by atoms with Crippen molar-refractivity contribution in [3.05, 3.63) is 76.9 Å². The molecule has 2 aliphatic heterocycles. The van der Waals surface area contributed by atoms with Crippen LogP contribution in [0.2, 0.25) is 0 Å².